The van der Waals surface area contributed by atoms with Gasteiger partial charge in [0.2, 0.25) is 0 Å². The fraction of sp³-hybridized carbons (Fsp3) is 0.269. The lowest BCUT2D eigenvalue weighted by Crippen LogP contribution is -2.41. The number of likely N-dealkylation sites (tertiary alicyclic amines) is 1. The average molecular weight is 430 g/mol. The molecule has 6 heteroatoms. The molecule has 1 saturated heterocycles. The van der Waals surface area contributed by atoms with E-state index >= 15 is 0 Å². The molecule has 6 nitrogen and oxygen atoms in total. The van der Waals surface area contributed by atoms with Crippen molar-refractivity contribution < 1.29 is 14.3 Å². The molecule has 4 rings (SSSR count). The number of nitrogens with one attached hydrogen (secondary N) is 1. The minimum Gasteiger partial charge on any atom is -0.488 e. The van der Waals surface area contributed by atoms with Crippen molar-refractivity contribution >= 4 is 28.8 Å². The van der Waals surface area contributed by atoms with Gasteiger partial charge >= 0.3 is 11.8 Å². The van der Waals surface area contributed by atoms with Gasteiger partial charge in [-0.2, -0.15) is 5.10 Å². The average Bonchev–Trinajstić information content (AvgIpc) is 3.13. The summed E-state index contributed by atoms with van der Waals surface area (Å²) in [6.07, 6.45) is 5.60. The summed E-state index contributed by atoms with van der Waals surface area (Å²) in [5, 5.41) is 6.08. The zero-order valence-electron chi connectivity index (χ0n) is 18.0. The molecule has 0 saturated carbocycles. The fourth-order valence-electron chi connectivity index (χ4n) is 3.89. The molecule has 2 amide bonds. The lowest BCUT2D eigenvalue weighted by molar-refractivity contribution is -0.145. The maximum Gasteiger partial charge on any atom is 0.329 e. The van der Waals surface area contributed by atoms with Crippen LogP contribution >= 0.6 is 0 Å². The van der Waals surface area contributed by atoms with Crippen LogP contribution in [0.1, 0.15) is 36.8 Å². The molecule has 3 aromatic carbocycles. The Hall–Kier alpha value is -3.67. The number of hydrazone groups is 1. The van der Waals surface area contributed by atoms with Gasteiger partial charge in [0.25, 0.3) is 0 Å². The first-order valence-electron chi connectivity index (χ1n) is 11.0. The molecule has 1 N–H and O–H groups in total. The molecular weight excluding hydrogens is 402 g/mol. The van der Waals surface area contributed by atoms with Gasteiger partial charge < -0.3 is 9.64 Å². The van der Waals surface area contributed by atoms with Gasteiger partial charge in [0, 0.05) is 18.7 Å². The first-order chi connectivity index (χ1) is 15.7. The van der Waals surface area contributed by atoms with Gasteiger partial charge in [-0.1, -0.05) is 73.5 Å². The Labute approximate surface area is 187 Å². The summed E-state index contributed by atoms with van der Waals surface area (Å²) in [6.45, 7) is 1.66. The van der Waals surface area contributed by atoms with Crippen LogP contribution in [0.2, 0.25) is 0 Å². The predicted octanol–water partition coefficient (Wildman–Crippen LogP) is 4.27. The highest BCUT2D eigenvalue weighted by molar-refractivity contribution is 6.35. The van der Waals surface area contributed by atoms with E-state index in [1.54, 1.807) is 11.1 Å². The van der Waals surface area contributed by atoms with E-state index in [0.717, 1.165) is 47.6 Å². The molecule has 0 unspecified atom stereocenters. The third-order valence-corrected chi connectivity index (χ3v) is 5.62. The molecule has 0 atom stereocenters. The van der Waals surface area contributed by atoms with Crippen LogP contribution < -0.4 is 10.2 Å². The number of carbonyl (C=O) groups excluding carboxylic acids is 2. The Bertz CT molecular complexity index is 1100. The van der Waals surface area contributed by atoms with Crippen molar-refractivity contribution in [3.05, 3.63) is 77.9 Å². The Morgan fingerprint density at radius 1 is 0.906 bits per heavy atom. The molecule has 0 bridgehead atoms. The van der Waals surface area contributed by atoms with Crippen molar-refractivity contribution in [2.75, 3.05) is 13.1 Å². The molecule has 0 spiro atoms. The second-order valence-corrected chi connectivity index (χ2v) is 7.88. The normalized spacial score (nSPS) is 14.3. The van der Waals surface area contributed by atoms with Crippen LogP contribution in [0.25, 0.3) is 10.8 Å². The molecule has 1 heterocycles. The third-order valence-electron chi connectivity index (χ3n) is 5.62. The highest BCUT2D eigenvalue weighted by Gasteiger charge is 2.22. The molecular formula is C26H27N3O3. The summed E-state index contributed by atoms with van der Waals surface area (Å²) in [6, 6.07) is 21.7. The van der Waals surface area contributed by atoms with Gasteiger partial charge in [0.1, 0.15) is 12.4 Å². The summed E-state index contributed by atoms with van der Waals surface area (Å²) < 4.78 is 6.07. The quantitative estimate of drug-likeness (QED) is 0.374. The second-order valence-electron chi connectivity index (χ2n) is 7.88. The molecule has 0 aromatic heterocycles. The molecule has 0 radical (unpaired) electrons. The van der Waals surface area contributed by atoms with E-state index in [2.05, 4.69) is 10.5 Å². The number of benzene rings is 3. The SMILES string of the molecule is O=C(N/N=C/c1c(OCc2ccccc2)ccc2ccccc12)C(=O)N1CCCCCC1. The molecule has 3 aromatic rings. The minimum atomic E-state index is -0.713. The number of fused-ring (bicyclic) bond motifs is 1. The summed E-state index contributed by atoms with van der Waals surface area (Å²) >= 11 is 0. The maximum absolute atomic E-state index is 12.4. The summed E-state index contributed by atoms with van der Waals surface area (Å²) in [4.78, 5) is 26.4. The van der Waals surface area contributed by atoms with Crippen LogP contribution in [0.4, 0.5) is 0 Å². The van der Waals surface area contributed by atoms with E-state index in [4.69, 9.17) is 4.74 Å². The minimum absolute atomic E-state index is 0.416. The third kappa shape index (κ3) is 5.32. The van der Waals surface area contributed by atoms with E-state index in [0.29, 0.717) is 25.4 Å². The standard InChI is InChI=1S/C26H27N3O3/c30-25(26(31)29-16-8-1-2-9-17-29)28-27-18-23-22-13-7-6-12-21(22)14-15-24(23)32-19-20-10-4-3-5-11-20/h3-7,10-15,18H,1-2,8-9,16-17,19H2,(H,28,30)/b27-18+. The number of ether oxygens (including phenoxy) is 1. The van der Waals surface area contributed by atoms with Gasteiger partial charge in [0.15, 0.2) is 0 Å². The number of amides is 2. The second kappa shape index (κ2) is 10.6. The van der Waals surface area contributed by atoms with Gasteiger partial charge in [-0.25, -0.2) is 5.43 Å². The topological polar surface area (TPSA) is 71.0 Å². The largest absolute Gasteiger partial charge is 0.488 e. The van der Waals surface area contributed by atoms with Crippen molar-refractivity contribution in [1.29, 1.82) is 0 Å². The number of carbonyl (C=O) groups is 2. The maximum atomic E-state index is 12.4. The zero-order chi connectivity index (χ0) is 22.2. The van der Waals surface area contributed by atoms with Crippen molar-refractivity contribution in [2.24, 2.45) is 5.10 Å². The number of hydrogen-bond acceptors (Lipinski definition) is 4. The molecule has 32 heavy (non-hydrogen) atoms. The van der Waals surface area contributed by atoms with Crippen LogP contribution in [-0.4, -0.2) is 36.0 Å². The Kier molecular flexibility index (Phi) is 7.12. The van der Waals surface area contributed by atoms with Crippen molar-refractivity contribution in [3.63, 3.8) is 0 Å². The summed E-state index contributed by atoms with van der Waals surface area (Å²) in [5.41, 5.74) is 4.20. The van der Waals surface area contributed by atoms with Crippen LogP contribution in [-0.2, 0) is 16.2 Å². The van der Waals surface area contributed by atoms with Crippen molar-refractivity contribution in [2.45, 2.75) is 32.3 Å². The van der Waals surface area contributed by atoms with Gasteiger partial charge in [-0.05, 0) is 35.2 Å². The summed E-state index contributed by atoms with van der Waals surface area (Å²) in [5.74, 6) is -0.581. The Balaban J connectivity index is 1.50. The van der Waals surface area contributed by atoms with Gasteiger partial charge in [-0.15, -0.1) is 0 Å². The zero-order valence-corrected chi connectivity index (χ0v) is 18.0. The van der Waals surface area contributed by atoms with E-state index < -0.39 is 11.8 Å². The first-order valence-corrected chi connectivity index (χ1v) is 11.0. The molecule has 1 fully saturated rings. The number of hydrogen-bond donors (Lipinski definition) is 1. The van der Waals surface area contributed by atoms with Crippen LogP contribution in [0.3, 0.4) is 0 Å². The van der Waals surface area contributed by atoms with Crippen LogP contribution in [0.5, 0.6) is 5.75 Å². The predicted molar refractivity (Wildman–Crippen MR) is 126 cm³/mol. The molecule has 164 valence electrons. The fourth-order valence-corrected chi connectivity index (χ4v) is 3.89. The number of rotatable bonds is 5. The molecule has 0 aliphatic carbocycles. The van der Waals surface area contributed by atoms with E-state index in [1.807, 2.05) is 66.7 Å². The Morgan fingerprint density at radius 3 is 2.41 bits per heavy atom. The van der Waals surface area contributed by atoms with Gasteiger partial charge in [-0.3, -0.25) is 9.59 Å². The summed E-state index contributed by atoms with van der Waals surface area (Å²) in [7, 11) is 0. The smallest absolute Gasteiger partial charge is 0.329 e. The lowest BCUT2D eigenvalue weighted by atomic mass is 10.0. The van der Waals surface area contributed by atoms with E-state index in [-0.39, 0.29) is 0 Å². The van der Waals surface area contributed by atoms with Crippen LogP contribution in [0, 0.1) is 0 Å². The van der Waals surface area contributed by atoms with Crippen molar-refractivity contribution in [1.82, 2.24) is 10.3 Å². The molecule has 1 aliphatic heterocycles. The Morgan fingerprint density at radius 2 is 1.62 bits per heavy atom. The highest BCUT2D eigenvalue weighted by Crippen LogP contribution is 2.27. The van der Waals surface area contributed by atoms with Gasteiger partial charge in [0.05, 0.1) is 6.21 Å². The van der Waals surface area contributed by atoms with E-state index in [1.165, 1.54) is 0 Å². The number of nitrogens with zero attached hydrogens (tertiary/aromatic N) is 2. The molecule has 1 aliphatic rings. The highest BCUT2D eigenvalue weighted by atomic mass is 16.5. The first kappa shape index (κ1) is 21.6. The lowest BCUT2D eigenvalue weighted by Gasteiger charge is -2.18. The van der Waals surface area contributed by atoms with E-state index in [9.17, 15) is 9.59 Å². The van der Waals surface area contributed by atoms with Crippen molar-refractivity contribution in [3.8, 4) is 5.75 Å². The monoisotopic (exact) mass is 429 g/mol. The van der Waals surface area contributed by atoms with Crippen LogP contribution in [0.15, 0.2) is 71.8 Å².